The summed E-state index contributed by atoms with van der Waals surface area (Å²) in [5.74, 6) is 0. The summed E-state index contributed by atoms with van der Waals surface area (Å²) in [5.41, 5.74) is 2.32. The fourth-order valence-electron chi connectivity index (χ4n) is 1.53. The number of hydrogen-bond acceptors (Lipinski definition) is 1. The monoisotopic (exact) mass is 229 g/mol. The second kappa shape index (κ2) is 9.46. The van der Waals surface area contributed by atoms with Crippen molar-refractivity contribution in [3.8, 4) is 0 Å². The van der Waals surface area contributed by atoms with Crippen molar-refractivity contribution in [2.75, 3.05) is 6.54 Å². The Balaban J connectivity index is 5.14. The molecule has 1 heteroatoms. The van der Waals surface area contributed by atoms with Gasteiger partial charge in [0.25, 0.3) is 0 Å². The summed E-state index contributed by atoms with van der Waals surface area (Å²) in [6.45, 7) is 14.5. The van der Waals surface area contributed by atoms with Crippen LogP contribution >= 0.6 is 0 Å². The highest BCUT2D eigenvalue weighted by atomic mass is 15.1. The van der Waals surface area contributed by atoms with Gasteiger partial charge in [0, 0.05) is 17.9 Å². The van der Waals surface area contributed by atoms with E-state index in [1.807, 2.05) is 26.0 Å². The van der Waals surface area contributed by atoms with Gasteiger partial charge in [-0.05, 0) is 32.9 Å². The van der Waals surface area contributed by atoms with Gasteiger partial charge in [0.2, 0.25) is 0 Å². The molecule has 0 spiro atoms. The highest BCUT2D eigenvalue weighted by molar-refractivity contribution is 5.30. The van der Waals surface area contributed by atoms with E-state index in [1.54, 1.807) is 12.2 Å². The lowest BCUT2D eigenvalue weighted by Gasteiger charge is -2.25. The Labute approximate surface area is 106 Å². The molecule has 0 radical (unpaired) electrons. The van der Waals surface area contributed by atoms with E-state index in [2.05, 4.69) is 49.3 Å². The van der Waals surface area contributed by atoms with Crippen LogP contribution in [0.5, 0.6) is 0 Å². The van der Waals surface area contributed by atoms with Crippen molar-refractivity contribution < 1.29 is 0 Å². The molecule has 0 aliphatic heterocycles. The molecule has 0 rings (SSSR count). The van der Waals surface area contributed by atoms with Crippen LogP contribution in [0.4, 0.5) is 0 Å². The molecule has 0 aliphatic rings. The Morgan fingerprint density at radius 3 is 1.59 bits per heavy atom. The minimum absolute atomic E-state index is 0.919. The van der Waals surface area contributed by atoms with Gasteiger partial charge in [-0.2, -0.15) is 0 Å². The zero-order valence-electron chi connectivity index (χ0n) is 11.2. The number of hydrogen-bond donors (Lipinski definition) is 0. The molecule has 0 atom stereocenters. The standard InChI is InChI=1S/C16H23N/c1-6-11-13-15(8-3)17(10-5)16(9-4)14-12-7-2/h6-9,11-14H,1-2,10H2,3-5H3/b13-11-,14-12-,15-8+,16-9+. The first-order valence-corrected chi connectivity index (χ1v) is 5.93. The number of rotatable bonds is 7. The summed E-state index contributed by atoms with van der Waals surface area (Å²) in [6, 6.07) is 0. The van der Waals surface area contributed by atoms with Gasteiger partial charge in [0.05, 0.1) is 0 Å². The van der Waals surface area contributed by atoms with Gasteiger partial charge in [0.1, 0.15) is 0 Å². The Bertz CT molecular complexity index is 320. The van der Waals surface area contributed by atoms with Crippen LogP contribution in [0.2, 0.25) is 0 Å². The van der Waals surface area contributed by atoms with E-state index in [-0.39, 0.29) is 0 Å². The lowest BCUT2D eigenvalue weighted by Crippen LogP contribution is -2.20. The molecule has 0 amide bonds. The summed E-state index contributed by atoms with van der Waals surface area (Å²) in [4.78, 5) is 2.24. The molecular formula is C16H23N. The Morgan fingerprint density at radius 2 is 1.35 bits per heavy atom. The molecule has 0 aromatic carbocycles. The maximum Gasteiger partial charge on any atom is 0.0367 e. The van der Waals surface area contributed by atoms with Gasteiger partial charge in [-0.15, -0.1) is 0 Å². The van der Waals surface area contributed by atoms with Gasteiger partial charge in [-0.3, -0.25) is 0 Å². The topological polar surface area (TPSA) is 3.24 Å². The molecule has 0 aromatic rings. The van der Waals surface area contributed by atoms with Crippen LogP contribution in [0, 0.1) is 0 Å². The zero-order valence-corrected chi connectivity index (χ0v) is 11.2. The summed E-state index contributed by atoms with van der Waals surface area (Å²) in [6.07, 6.45) is 15.8. The number of nitrogens with zero attached hydrogens (tertiary/aromatic N) is 1. The van der Waals surface area contributed by atoms with Crippen molar-refractivity contribution in [2.24, 2.45) is 0 Å². The van der Waals surface area contributed by atoms with E-state index in [1.165, 1.54) is 0 Å². The average Bonchev–Trinajstić information content (AvgIpc) is 2.37. The molecule has 92 valence electrons. The third-order valence-corrected chi connectivity index (χ3v) is 2.34. The minimum Gasteiger partial charge on any atom is -0.342 e. The molecule has 0 saturated heterocycles. The van der Waals surface area contributed by atoms with Crippen LogP contribution in [-0.2, 0) is 0 Å². The first kappa shape index (κ1) is 15.2. The third kappa shape index (κ3) is 5.21. The van der Waals surface area contributed by atoms with Gasteiger partial charge >= 0.3 is 0 Å². The maximum absolute atomic E-state index is 3.69. The van der Waals surface area contributed by atoms with Crippen LogP contribution < -0.4 is 0 Å². The fourth-order valence-corrected chi connectivity index (χ4v) is 1.53. The van der Waals surface area contributed by atoms with Crippen molar-refractivity contribution in [1.82, 2.24) is 4.90 Å². The fraction of sp³-hybridized carbons (Fsp3) is 0.250. The van der Waals surface area contributed by atoms with Gasteiger partial charge < -0.3 is 4.90 Å². The van der Waals surface area contributed by atoms with Crippen LogP contribution in [0.3, 0.4) is 0 Å². The smallest absolute Gasteiger partial charge is 0.0367 e. The first-order valence-electron chi connectivity index (χ1n) is 5.93. The molecule has 0 heterocycles. The molecule has 0 N–H and O–H groups in total. The van der Waals surface area contributed by atoms with Crippen LogP contribution in [0.1, 0.15) is 20.8 Å². The largest absolute Gasteiger partial charge is 0.342 e. The second-order valence-electron chi connectivity index (χ2n) is 3.36. The van der Waals surface area contributed by atoms with Crippen molar-refractivity contribution in [2.45, 2.75) is 20.8 Å². The summed E-state index contributed by atoms with van der Waals surface area (Å²) >= 11 is 0. The summed E-state index contributed by atoms with van der Waals surface area (Å²) < 4.78 is 0. The quantitative estimate of drug-likeness (QED) is 0.577. The maximum atomic E-state index is 3.69. The first-order chi connectivity index (χ1) is 8.24. The molecular weight excluding hydrogens is 206 g/mol. The predicted octanol–water partition coefficient (Wildman–Crippen LogP) is 4.60. The molecule has 0 unspecified atom stereocenters. The average molecular weight is 229 g/mol. The molecule has 0 fully saturated rings. The lowest BCUT2D eigenvalue weighted by molar-refractivity contribution is 0.476. The van der Waals surface area contributed by atoms with E-state index in [0.717, 1.165) is 17.9 Å². The molecule has 0 bridgehead atoms. The third-order valence-electron chi connectivity index (χ3n) is 2.34. The highest BCUT2D eigenvalue weighted by Gasteiger charge is 2.06. The SMILES string of the molecule is C=C/C=C\C(=C/C)N(CC)C(/C=C\C=C)=C/C. The normalized spacial score (nSPS) is 13.4. The van der Waals surface area contributed by atoms with Crippen molar-refractivity contribution in [3.05, 3.63) is 73.2 Å². The molecule has 0 saturated carbocycles. The van der Waals surface area contributed by atoms with Gasteiger partial charge in [-0.1, -0.05) is 49.6 Å². The van der Waals surface area contributed by atoms with Crippen molar-refractivity contribution in [3.63, 3.8) is 0 Å². The van der Waals surface area contributed by atoms with Gasteiger partial charge in [0.15, 0.2) is 0 Å². The van der Waals surface area contributed by atoms with Crippen molar-refractivity contribution in [1.29, 1.82) is 0 Å². The van der Waals surface area contributed by atoms with Crippen LogP contribution in [0.25, 0.3) is 0 Å². The Morgan fingerprint density at radius 1 is 0.941 bits per heavy atom. The van der Waals surface area contributed by atoms with Crippen molar-refractivity contribution >= 4 is 0 Å². The van der Waals surface area contributed by atoms with Gasteiger partial charge in [-0.25, -0.2) is 0 Å². The summed E-state index contributed by atoms with van der Waals surface area (Å²) in [5, 5.41) is 0. The Kier molecular flexibility index (Phi) is 8.48. The molecule has 1 nitrogen and oxygen atoms in total. The second-order valence-corrected chi connectivity index (χ2v) is 3.36. The predicted molar refractivity (Wildman–Crippen MR) is 78.6 cm³/mol. The number of likely N-dealkylation sites (N-methyl/N-ethyl adjacent to an activating group) is 1. The molecule has 0 aromatic heterocycles. The minimum atomic E-state index is 0.919. The lowest BCUT2D eigenvalue weighted by atomic mass is 10.2. The number of allylic oxidation sites excluding steroid dienone is 8. The highest BCUT2D eigenvalue weighted by Crippen LogP contribution is 2.15. The van der Waals surface area contributed by atoms with E-state index in [9.17, 15) is 0 Å². The molecule has 17 heavy (non-hydrogen) atoms. The van der Waals surface area contributed by atoms with Crippen LogP contribution in [-0.4, -0.2) is 11.4 Å². The van der Waals surface area contributed by atoms with E-state index in [0.29, 0.717) is 0 Å². The van der Waals surface area contributed by atoms with Crippen LogP contribution in [0.15, 0.2) is 73.2 Å². The van der Waals surface area contributed by atoms with E-state index < -0.39 is 0 Å². The van der Waals surface area contributed by atoms with E-state index in [4.69, 9.17) is 0 Å². The summed E-state index contributed by atoms with van der Waals surface area (Å²) in [7, 11) is 0. The van der Waals surface area contributed by atoms with E-state index >= 15 is 0 Å². The Hall–Kier alpha value is -1.76. The zero-order chi connectivity index (χ0) is 13.1. The molecule has 0 aliphatic carbocycles.